The van der Waals surface area contributed by atoms with Crippen LogP contribution in [0.25, 0.3) is 0 Å². The predicted molar refractivity (Wildman–Crippen MR) is 169 cm³/mol. The quantitative estimate of drug-likeness (QED) is 0.203. The van der Waals surface area contributed by atoms with E-state index in [1.807, 2.05) is 0 Å². The Morgan fingerprint density at radius 3 is 2.28 bits per heavy atom. The summed E-state index contributed by atoms with van der Waals surface area (Å²) in [5, 5.41) is 43.2. The molecule has 15 atom stereocenters. The van der Waals surface area contributed by atoms with Gasteiger partial charge in [-0.25, -0.2) is 0 Å². The van der Waals surface area contributed by atoms with Crippen LogP contribution in [0.4, 0.5) is 0 Å². The molecule has 0 aromatic heterocycles. The van der Waals surface area contributed by atoms with Crippen LogP contribution < -0.4 is 0 Å². The van der Waals surface area contributed by atoms with E-state index in [2.05, 4.69) is 60.6 Å². The van der Waals surface area contributed by atoms with Gasteiger partial charge in [0.15, 0.2) is 6.29 Å². The molecule has 46 heavy (non-hydrogen) atoms. The van der Waals surface area contributed by atoms with Crippen molar-refractivity contribution in [1.82, 2.24) is 0 Å². The molecule has 4 saturated carbocycles. The van der Waals surface area contributed by atoms with E-state index in [1.54, 1.807) is 0 Å². The van der Waals surface area contributed by atoms with Crippen LogP contribution in [0, 0.1) is 50.2 Å². The number of aliphatic hydroxyl groups is 4. The standard InChI is InChI=1S/C37H58O9/c1-20(38)45-27-17-31(2,3)15-24-36(27)19-44-37(24)14-10-23-33(6)12-11-26(46-30-29(42)28(41)21(39)18-43-30)32(4,5)22(33)9-13-34(23,7)35(37,8)16-25(36)40/h10,14,21-30,39-42H,9,11-13,15-19H2,1-8H3/t21-,22?,23?,24?,25-,26?,27+,28+,29-,30+,33+,34-,35+,36+,37+/m1/s1. The third-order valence-electron chi connectivity index (χ3n) is 15.6. The molecule has 0 amide bonds. The van der Waals surface area contributed by atoms with E-state index in [-0.39, 0.29) is 63.7 Å². The van der Waals surface area contributed by atoms with Crippen molar-refractivity contribution in [3.05, 3.63) is 12.2 Å². The molecule has 1 spiro atoms. The summed E-state index contributed by atoms with van der Waals surface area (Å²) in [6.07, 6.45) is 4.93. The number of hydrogen-bond donors (Lipinski definition) is 4. The molecule has 6 fully saturated rings. The number of allylic oxidation sites excluding steroid dienone is 1. The highest BCUT2D eigenvalue weighted by Gasteiger charge is 2.81. The maximum absolute atomic E-state index is 12.4. The number of rotatable bonds is 3. The van der Waals surface area contributed by atoms with Crippen LogP contribution in [-0.4, -0.2) is 88.1 Å². The predicted octanol–water partition coefficient (Wildman–Crippen LogP) is 4.13. The van der Waals surface area contributed by atoms with E-state index in [1.165, 1.54) is 6.92 Å². The van der Waals surface area contributed by atoms with Gasteiger partial charge in [-0.2, -0.15) is 0 Å². The fraction of sp³-hybridized carbons (Fsp3) is 0.919. The Morgan fingerprint density at radius 1 is 0.870 bits per heavy atom. The number of ether oxygens (including phenoxy) is 4. The maximum Gasteiger partial charge on any atom is 0.302 e. The second-order valence-corrected chi connectivity index (χ2v) is 18.6. The van der Waals surface area contributed by atoms with Crippen LogP contribution >= 0.6 is 0 Å². The average Bonchev–Trinajstić information content (AvgIpc) is 3.22. The van der Waals surface area contributed by atoms with Gasteiger partial charge in [-0.3, -0.25) is 4.79 Å². The first-order chi connectivity index (χ1) is 21.3. The van der Waals surface area contributed by atoms with E-state index >= 15 is 0 Å². The number of esters is 1. The van der Waals surface area contributed by atoms with Crippen LogP contribution in [0.1, 0.15) is 100 Å². The number of carbonyl (C=O) groups is 1. The topological polar surface area (TPSA) is 135 Å². The van der Waals surface area contributed by atoms with Crippen molar-refractivity contribution in [1.29, 1.82) is 0 Å². The summed E-state index contributed by atoms with van der Waals surface area (Å²) in [4.78, 5) is 12.4. The van der Waals surface area contributed by atoms with E-state index in [0.717, 1.165) is 38.5 Å². The second kappa shape index (κ2) is 10.2. The largest absolute Gasteiger partial charge is 0.462 e. The van der Waals surface area contributed by atoms with Crippen LogP contribution in [0.15, 0.2) is 12.2 Å². The lowest BCUT2D eigenvalue weighted by molar-refractivity contribution is -0.311. The van der Waals surface area contributed by atoms with Crippen LogP contribution in [0.5, 0.6) is 0 Å². The molecule has 2 bridgehead atoms. The van der Waals surface area contributed by atoms with Gasteiger partial charge < -0.3 is 39.4 Å². The Labute approximate surface area is 274 Å². The Balaban J connectivity index is 1.23. The Hall–Kier alpha value is -1.07. The molecule has 0 aromatic rings. The molecule has 0 radical (unpaired) electrons. The molecule has 9 heteroatoms. The minimum absolute atomic E-state index is 0.0383. The van der Waals surface area contributed by atoms with Crippen LogP contribution in [0.3, 0.4) is 0 Å². The van der Waals surface area contributed by atoms with Crippen molar-refractivity contribution in [3.63, 3.8) is 0 Å². The lowest BCUT2D eigenvalue weighted by atomic mass is 9.32. The number of hydrogen-bond acceptors (Lipinski definition) is 9. The number of carbonyl (C=O) groups excluding carboxylic acids is 1. The highest BCUT2D eigenvalue weighted by molar-refractivity contribution is 5.66. The average molecular weight is 647 g/mol. The monoisotopic (exact) mass is 646 g/mol. The number of fused-ring (bicyclic) bond motifs is 4. The van der Waals surface area contributed by atoms with E-state index in [9.17, 15) is 25.2 Å². The zero-order valence-corrected chi connectivity index (χ0v) is 29.1. The summed E-state index contributed by atoms with van der Waals surface area (Å²) in [5.74, 6) is 0.329. The SMILES string of the molecule is CC(=O)O[C@H]1CC(C)(C)CC2[C@]13CO[C@@]21C=CC2[C@@]4(C)CCC(O[C@@H]5OC[C@@H](O)[C@H](O)[C@H]5O)C(C)(C)C4CC[C@@]2(C)[C@]1(C)C[C@H]3O. The van der Waals surface area contributed by atoms with Crippen LogP contribution in [-0.2, 0) is 23.7 Å². The molecule has 4 unspecified atom stereocenters. The summed E-state index contributed by atoms with van der Waals surface area (Å²) < 4.78 is 25.3. The first kappa shape index (κ1) is 33.4. The number of aliphatic hydroxyl groups excluding tert-OH is 4. The van der Waals surface area contributed by atoms with Crippen molar-refractivity contribution in [3.8, 4) is 0 Å². The summed E-state index contributed by atoms with van der Waals surface area (Å²) in [7, 11) is 0. The Bertz CT molecular complexity index is 1280. The highest BCUT2D eigenvalue weighted by Crippen LogP contribution is 2.79. The van der Waals surface area contributed by atoms with Crippen molar-refractivity contribution >= 4 is 5.97 Å². The van der Waals surface area contributed by atoms with Crippen LogP contribution in [0.2, 0.25) is 0 Å². The second-order valence-electron chi connectivity index (χ2n) is 18.6. The van der Waals surface area contributed by atoms with Gasteiger partial charge in [-0.15, -0.1) is 0 Å². The molecule has 5 aliphatic carbocycles. The van der Waals surface area contributed by atoms with Crippen molar-refractivity contribution in [2.24, 2.45) is 50.2 Å². The molecule has 9 nitrogen and oxygen atoms in total. The molecule has 4 N–H and O–H groups in total. The van der Waals surface area contributed by atoms with E-state index in [0.29, 0.717) is 18.9 Å². The lowest BCUT2D eigenvalue weighted by Crippen LogP contribution is -2.74. The van der Waals surface area contributed by atoms with Crippen molar-refractivity contribution in [2.45, 2.75) is 149 Å². The van der Waals surface area contributed by atoms with E-state index < -0.39 is 41.7 Å². The summed E-state index contributed by atoms with van der Waals surface area (Å²) in [5.41, 5.74) is -1.97. The molecule has 0 aromatic carbocycles. The normalized spacial score (nSPS) is 56.6. The fourth-order valence-corrected chi connectivity index (χ4v) is 13.1. The zero-order valence-electron chi connectivity index (χ0n) is 29.1. The van der Waals surface area contributed by atoms with Gasteiger partial charge >= 0.3 is 5.97 Å². The van der Waals surface area contributed by atoms with Gasteiger partial charge in [-0.05, 0) is 78.4 Å². The fourth-order valence-electron chi connectivity index (χ4n) is 13.1. The zero-order chi connectivity index (χ0) is 33.5. The van der Waals surface area contributed by atoms with Gasteiger partial charge in [0.25, 0.3) is 0 Å². The lowest BCUT2D eigenvalue weighted by Gasteiger charge is -2.73. The molecule has 2 heterocycles. The van der Waals surface area contributed by atoms with Gasteiger partial charge in [0, 0.05) is 18.3 Å². The molecule has 7 aliphatic rings. The Kier molecular flexibility index (Phi) is 7.44. The molecule has 2 aliphatic heterocycles. The van der Waals surface area contributed by atoms with Crippen molar-refractivity contribution < 1.29 is 44.2 Å². The minimum atomic E-state index is -1.30. The molecular formula is C37H58O9. The smallest absolute Gasteiger partial charge is 0.302 e. The van der Waals surface area contributed by atoms with Gasteiger partial charge in [0.2, 0.25) is 0 Å². The van der Waals surface area contributed by atoms with E-state index in [4.69, 9.17) is 18.9 Å². The van der Waals surface area contributed by atoms with Gasteiger partial charge in [0.1, 0.15) is 24.4 Å². The molecular weight excluding hydrogens is 588 g/mol. The Morgan fingerprint density at radius 2 is 1.59 bits per heavy atom. The highest BCUT2D eigenvalue weighted by atomic mass is 16.7. The maximum atomic E-state index is 12.4. The first-order valence-corrected chi connectivity index (χ1v) is 17.8. The van der Waals surface area contributed by atoms with Gasteiger partial charge in [0.05, 0.1) is 36.4 Å². The molecule has 260 valence electrons. The van der Waals surface area contributed by atoms with Crippen molar-refractivity contribution in [2.75, 3.05) is 13.2 Å². The summed E-state index contributed by atoms with van der Waals surface area (Å²) in [6.45, 7) is 18.2. The van der Waals surface area contributed by atoms with Gasteiger partial charge in [-0.1, -0.05) is 60.6 Å². The molecule has 7 rings (SSSR count). The third kappa shape index (κ3) is 4.08. The molecule has 2 saturated heterocycles. The minimum Gasteiger partial charge on any atom is -0.462 e. The third-order valence-corrected chi connectivity index (χ3v) is 15.6. The summed E-state index contributed by atoms with van der Waals surface area (Å²) >= 11 is 0. The summed E-state index contributed by atoms with van der Waals surface area (Å²) in [6, 6.07) is 0. The first-order valence-electron chi connectivity index (χ1n) is 17.8.